The molecular weight excluding hydrogens is 398 g/mol. The van der Waals surface area contributed by atoms with E-state index < -0.39 is 0 Å². The number of rotatable bonds is 7. The first-order valence-corrected chi connectivity index (χ1v) is 9.95. The summed E-state index contributed by atoms with van der Waals surface area (Å²) in [5.74, 6) is 0.798. The summed E-state index contributed by atoms with van der Waals surface area (Å²) >= 11 is 5.93. The van der Waals surface area contributed by atoms with Crippen LogP contribution in [0.25, 0.3) is 22.2 Å². The van der Waals surface area contributed by atoms with Gasteiger partial charge >= 0.3 is 0 Å². The van der Waals surface area contributed by atoms with Crippen molar-refractivity contribution in [2.45, 2.75) is 13.0 Å². The Kier molecular flexibility index (Phi) is 5.91. The summed E-state index contributed by atoms with van der Waals surface area (Å²) in [6.45, 7) is 4.38. The summed E-state index contributed by atoms with van der Waals surface area (Å²) in [7, 11) is 0. The molecule has 0 unspecified atom stereocenters. The maximum absolute atomic E-state index is 13.0. The topological polar surface area (TPSA) is 59.2 Å². The summed E-state index contributed by atoms with van der Waals surface area (Å²) < 4.78 is 5.37. The number of aromatic nitrogens is 2. The van der Waals surface area contributed by atoms with E-state index in [1.807, 2.05) is 54.6 Å². The Bertz CT molecular complexity index is 1180. The van der Waals surface area contributed by atoms with Gasteiger partial charge in [0, 0.05) is 17.1 Å². The molecule has 0 aliphatic heterocycles. The summed E-state index contributed by atoms with van der Waals surface area (Å²) in [6, 6.07) is 21.2. The lowest BCUT2D eigenvalue weighted by atomic mass is 10.0. The fourth-order valence-electron chi connectivity index (χ4n) is 3.33. The molecule has 5 nitrogen and oxygen atoms in total. The molecule has 1 amide bonds. The van der Waals surface area contributed by atoms with Crippen molar-refractivity contribution in [2.24, 2.45) is 0 Å². The van der Waals surface area contributed by atoms with E-state index in [2.05, 4.69) is 16.7 Å². The summed E-state index contributed by atoms with van der Waals surface area (Å²) in [5.41, 5.74) is 1.78. The minimum Gasteiger partial charge on any atom is -0.337 e. The van der Waals surface area contributed by atoms with Gasteiger partial charge in [-0.05, 0) is 40.6 Å². The van der Waals surface area contributed by atoms with Crippen LogP contribution >= 0.6 is 11.6 Å². The van der Waals surface area contributed by atoms with Crippen LogP contribution in [0.5, 0.6) is 0 Å². The average molecular weight is 418 g/mol. The first kappa shape index (κ1) is 19.9. The second-order valence-corrected chi connectivity index (χ2v) is 7.33. The molecule has 6 heteroatoms. The molecule has 30 heavy (non-hydrogen) atoms. The molecule has 0 saturated heterocycles. The van der Waals surface area contributed by atoms with E-state index in [0.29, 0.717) is 23.3 Å². The summed E-state index contributed by atoms with van der Waals surface area (Å²) in [4.78, 5) is 19.1. The Hall–Kier alpha value is -3.44. The first-order chi connectivity index (χ1) is 14.6. The van der Waals surface area contributed by atoms with Gasteiger partial charge in [-0.15, -0.1) is 6.58 Å². The van der Waals surface area contributed by atoms with Crippen LogP contribution in [0.2, 0.25) is 5.02 Å². The van der Waals surface area contributed by atoms with Crippen LogP contribution < -0.4 is 0 Å². The van der Waals surface area contributed by atoms with Crippen LogP contribution in [0.15, 0.2) is 83.9 Å². The third-order valence-electron chi connectivity index (χ3n) is 4.82. The van der Waals surface area contributed by atoms with Crippen molar-refractivity contribution in [2.75, 3.05) is 6.54 Å². The smallest absolute Gasteiger partial charge is 0.246 e. The Morgan fingerprint density at radius 3 is 2.63 bits per heavy atom. The number of hydrogen-bond donors (Lipinski definition) is 0. The van der Waals surface area contributed by atoms with Crippen LogP contribution in [0.3, 0.4) is 0 Å². The van der Waals surface area contributed by atoms with Crippen molar-refractivity contribution in [3.8, 4) is 11.4 Å². The molecule has 4 aromatic rings. The minimum absolute atomic E-state index is 0.0301. The van der Waals surface area contributed by atoms with Crippen LogP contribution in [-0.4, -0.2) is 27.5 Å². The third-order valence-corrected chi connectivity index (χ3v) is 5.07. The van der Waals surface area contributed by atoms with Gasteiger partial charge in [0.15, 0.2) is 0 Å². The Morgan fingerprint density at radius 2 is 1.83 bits per heavy atom. The van der Waals surface area contributed by atoms with Gasteiger partial charge in [0.05, 0.1) is 6.42 Å². The number of amides is 1. The highest BCUT2D eigenvalue weighted by Crippen LogP contribution is 2.21. The monoisotopic (exact) mass is 417 g/mol. The number of halogens is 1. The normalized spacial score (nSPS) is 10.8. The molecule has 1 heterocycles. The molecule has 1 aromatic heterocycles. The summed E-state index contributed by atoms with van der Waals surface area (Å²) in [6.07, 6.45) is 1.98. The number of benzene rings is 3. The Balaban J connectivity index is 1.51. The second-order valence-electron chi connectivity index (χ2n) is 6.90. The fraction of sp³-hybridized carbons (Fsp3) is 0.125. The maximum Gasteiger partial charge on any atom is 0.246 e. The SMILES string of the molecule is C=CCN(Cc1nc(-c2ccc(Cl)cc2)no1)C(=O)Cc1cccc2ccccc12. The lowest BCUT2D eigenvalue weighted by molar-refractivity contribution is -0.130. The molecule has 0 aliphatic carbocycles. The third kappa shape index (κ3) is 4.42. The van der Waals surface area contributed by atoms with Gasteiger partial charge in [-0.2, -0.15) is 4.98 Å². The van der Waals surface area contributed by atoms with Crippen LogP contribution in [0.1, 0.15) is 11.5 Å². The molecule has 0 saturated carbocycles. The van der Waals surface area contributed by atoms with Gasteiger partial charge in [-0.25, -0.2) is 0 Å². The van der Waals surface area contributed by atoms with E-state index in [1.54, 1.807) is 23.1 Å². The van der Waals surface area contributed by atoms with Crippen molar-refractivity contribution in [3.63, 3.8) is 0 Å². The van der Waals surface area contributed by atoms with Crippen molar-refractivity contribution in [1.29, 1.82) is 0 Å². The zero-order valence-electron chi connectivity index (χ0n) is 16.3. The lowest BCUT2D eigenvalue weighted by Crippen LogP contribution is -2.32. The maximum atomic E-state index is 13.0. The van der Waals surface area contributed by atoms with Gasteiger partial charge in [-0.1, -0.05) is 65.3 Å². The molecular formula is C24H20ClN3O2. The summed E-state index contributed by atoms with van der Waals surface area (Å²) in [5, 5.41) is 6.85. The highest BCUT2D eigenvalue weighted by atomic mass is 35.5. The molecule has 3 aromatic carbocycles. The molecule has 0 N–H and O–H groups in total. The first-order valence-electron chi connectivity index (χ1n) is 9.58. The lowest BCUT2D eigenvalue weighted by Gasteiger charge is -2.19. The molecule has 0 bridgehead atoms. The predicted octanol–water partition coefficient (Wildman–Crippen LogP) is 5.30. The fourth-order valence-corrected chi connectivity index (χ4v) is 3.46. The minimum atomic E-state index is -0.0301. The molecule has 0 spiro atoms. The Morgan fingerprint density at radius 1 is 1.07 bits per heavy atom. The van der Waals surface area contributed by atoms with E-state index in [1.165, 1.54) is 0 Å². The molecule has 150 valence electrons. The van der Waals surface area contributed by atoms with Gasteiger partial charge < -0.3 is 9.42 Å². The Labute approximate surface area is 179 Å². The van der Waals surface area contributed by atoms with Gasteiger partial charge in [-0.3, -0.25) is 4.79 Å². The van der Waals surface area contributed by atoms with E-state index in [0.717, 1.165) is 21.9 Å². The van der Waals surface area contributed by atoms with E-state index in [4.69, 9.17) is 16.1 Å². The number of hydrogen-bond acceptors (Lipinski definition) is 4. The molecule has 0 aliphatic rings. The van der Waals surface area contributed by atoms with Gasteiger partial charge in [0.25, 0.3) is 0 Å². The zero-order chi connectivity index (χ0) is 20.9. The van der Waals surface area contributed by atoms with Crippen molar-refractivity contribution in [1.82, 2.24) is 15.0 Å². The zero-order valence-corrected chi connectivity index (χ0v) is 17.0. The number of carbonyl (C=O) groups excluding carboxylic acids is 1. The van der Waals surface area contributed by atoms with Crippen LogP contribution in [0.4, 0.5) is 0 Å². The molecule has 0 atom stereocenters. The van der Waals surface area contributed by atoms with Gasteiger partial charge in [0.2, 0.25) is 17.6 Å². The number of nitrogens with zero attached hydrogens (tertiary/aromatic N) is 3. The number of carbonyl (C=O) groups is 1. The second kappa shape index (κ2) is 8.93. The van der Waals surface area contributed by atoms with Crippen LogP contribution in [0, 0.1) is 0 Å². The van der Waals surface area contributed by atoms with Crippen molar-refractivity contribution >= 4 is 28.3 Å². The number of fused-ring (bicyclic) bond motifs is 1. The molecule has 0 radical (unpaired) electrons. The average Bonchev–Trinajstić information content (AvgIpc) is 3.23. The van der Waals surface area contributed by atoms with Crippen molar-refractivity contribution in [3.05, 3.63) is 95.9 Å². The van der Waals surface area contributed by atoms with Gasteiger partial charge in [0.1, 0.15) is 6.54 Å². The highest BCUT2D eigenvalue weighted by molar-refractivity contribution is 6.30. The molecule has 4 rings (SSSR count). The van der Waals surface area contributed by atoms with Crippen LogP contribution in [-0.2, 0) is 17.8 Å². The largest absolute Gasteiger partial charge is 0.337 e. The predicted molar refractivity (Wildman–Crippen MR) is 118 cm³/mol. The highest BCUT2D eigenvalue weighted by Gasteiger charge is 2.18. The van der Waals surface area contributed by atoms with E-state index in [-0.39, 0.29) is 18.9 Å². The standard InChI is InChI=1S/C24H20ClN3O2/c1-2-14-28(16-22-26-24(27-30-22)18-10-12-20(25)13-11-18)23(29)15-19-8-5-7-17-6-3-4-9-21(17)19/h2-13H,1,14-16H2. The molecule has 0 fully saturated rings. The van der Waals surface area contributed by atoms with E-state index >= 15 is 0 Å². The van der Waals surface area contributed by atoms with E-state index in [9.17, 15) is 4.79 Å². The quantitative estimate of drug-likeness (QED) is 0.383. The van der Waals surface area contributed by atoms with Crippen molar-refractivity contribution < 1.29 is 9.32 Å².